The highest BCUT2D eigenvalue weighted by molar-refractivity contribution is 5.94. The molecule has 0 fully saturated rings. The molecule has 2 N–H and O–H groups in total. The predicted molar refractivity (Wildman–Crippen MR) is 78.8 cm³/mol. The van der Waals surface area contributed by atoms with Gasteiger partial charge in [0.1, 0.15) is 24.2 Å². The first kappa shape index (κ1) is 15.6. The molecular formula is C16H17NO5. The van der Waals surface area contributed by atoms with E-state index in [-0.39, 0.29) is 12.4 Å². The van der Waals surface area contributed by atoms with Crippen LogP contribution < -0.4 is 10.1 Å². The van der Waals surface area contributed by atoms with Crippen molar-refractivity contribution < 1.29 is 23.8 Å². The van der Waals surface area contributed by atoms with E-state index in [0.717, 1.165) is 11.3 Å². The number of para-hydroxylation sites is 1. The van der Waals surface area contributed by atoms with Crippen LogP contribution in [0.25, 0.3) is 0 Å². The van der Waals surface area contributed by atoms with E-state index in [1.54, 1.807) is 6.07 Å². The quantitative estimate of drug-likeness (QED) is 0.855. The first-order chi connectivity index (χ1) is 10.5. The van der Waals surface area contributed by atoms with E-state index in [1.807, 2.05) is 31.2 Å². The summed E-state index contributed by atoms with van der Waals surface area (Å²) in [5, 5.41) is 11.1. The molecule has 0 aliphatic rings. The molecule has 116 valence electrons. The third-order valence-corrected chi connectivity index (χ3v) is 3.07. The van der Waals surface area contributed by atoms with Crippen LogP contribution in [0.1, 0.15) is 28.8 Å². The maximum Gasteiger partial charge on any atom is 0.325 e. The predicted octanol–water partition coefficient (Wildman–Crippen LogP) is 2.37. The second-order valence-corrected chi connectivity index (χ2v) is 4.85. The smallest absolute Gasteiger partial charge is 0.325 e. The van der Waals surface area contributed by atoms with Gasteiger partial charge in [0.2, 0.25) is 0 Å². The van der Waals surface area contributed by atoms with E-state index >= 15 is 0 Å². The molecule has 6 heteroatoms. The summed E-state index contributed by atoms with van der Waals surface area (Å²) < 4.78 is 11.0. The SMILES string of the molecule is Cc1ccccc1OCc1ccc(C(=O)NC(C)C(=O)O)o1. The highest BCUT2D eigenvalue weighted by Gasteiger charge is 2.18. The normalized spacial score (nSPS) is 11.7. The number of ether oxygens (including phenoxy) is 1. The summed E-state index contributed by atoms with van der Waals surface area (Å²) in [6.07, 6.45) is 0. The number of carbonyl (C=O) groups excluding carboxylic acids is 1. The van der Waals surface area contributed by atoms with Gasteiger partial charge in [-0.3, -0.25) is 9.59 Å². The number of carbonyl (C=O) groups is 2. The van der Waals surface area contributed by atoms with Gasteiger partial charge >= 0.3 is 5.97 Å². The minimum absolute atomic E-state index is 0.0523. The fraction of sp³-hybridized carbons (Fsp3) is 0.250. The summed E-state index contributed by atoms with van der Waals surface area (Å²) >= 11 is 0. The van der Waals surface area contributed by atoms with E-state index in [4.69, 9.17) is 14.3 Å². The van der Waals surface area contributed by atoms with Crippen molar-refractivity contribution >= 4 is 11.9 Å². The second kappa shape index (κ2) is 6.80. The van der Waals surface area contributed by atoms with Crippen LogP contribution >= 0.6 is 0 Å². The van der Waals surface area contributed by atoms with Crippen LogP contribution in [0.3, 0.4) is 0 Å². The van der Waals surface area contributed by atoms with Crippen molar-refractivity contribution in [2.45, 2.75) is 26.5 Å². The fourth-order valence-corrected chi connectivity index (χ4v) is 1.77. The average molecular weight is 303 g/mol. The topological polar surface area (TPSA) is 88.8 Å². The lowest BCUT2D eigenvalue weighted by Gasteiger charge is -2.08. The minimum atomic E-state index is -1.11. The molecule has 6 nitrogen and oxygen atoms in total. The molecule has 2 aromatic rings. The zero-order valence-corrected chi connectivity index (χ0v) is 12.3. The molecule has 22 heavy (non-hydrogen) atoms. The van der Waals surface area contributed by atoms with E-state index in [9.17, 15) is 9.59 Å². The molecule has 1 amide bonds. The number of carboxylic acid groups (broad SMARTS) is 1. The number of aryl methyl sites for hydroxylation is 1. The number of aliphatic carboxylic acids is 1. The van der Waals surface area contributed by atoms with Crippen LogP contribution in [0.4, 0.5) is 0 Å². The molecule has 1 aromatic heterocycles. The second-order valence-electron chi connectivity index (χ2n) is 4.85. The first-order valence-electron chi connectivity index (χ1n) is 6.78. The van der Waals surface area contributed by atoms with Gasteiger partial charge in [0, 0.05) is 0 Å². The number of rotatable bonds is 6. The standard InChI is InChI=1S/C16H17NO5/c1-10-5-3-4-6-13(10)21-9-12-7-8-14(22-12)15(18)17-11(2)16(19)20/h3-8,11H,9H2,1-2H3,(H,17,18)(H,19,20). The Kier molecular flexibility index (Phi) is 4.83. The van der Waals surface area contributed by atoms with Gasteiger partial charge < -0.3 is 19.6 Å². The summed E-state index contributed by atoms with van der Waals surface area (Å²) in [5.74, 6) is -0.405. The lowest BCUT2D eigenvalue weighted by Crippen LogP contribution is -2.38. The van der Waals surface area contributed by atoms with Crippen molar-refractivity contribution in [3.05, 3.63) is 53.5 Å². The van der Waals surface area contributed by atoms with E-state index in [1.165, 1.54) is 13.0 Å². The Morgan fingerprint density at radius 2 is 2.00 bits per heavy atom. The molecule has 0 saturated carbocycles. The van der Waals surface area contributed by atoms with Crippen molar-refractivity contribution in [3.8, 4) is 5.75 Å². The highest BCUT2D eigenvalue weighted by Crippen LogP contribution is 2.18. The van der Waals surface area contributed by atoms with Crippen molar-refractivity contribution in [2.75, 3.05) is 0 Å². The molecule has 1 unspecified atom stereocenters. The van der Waals surface area contributed by atoms with E-state index in [2.05, 4.69) is 5.32 Å². The zero-order chi connectivity index (χ0) is 16.1. The Morgan fingerprint density at radius 3 is 2.68 bits per heavy atom. The molecule has 0 bridgehead atoms. The third-order valence-electron chi connectivity index (χ3n) is 3.07. The molecule has 0 aliphatic carbocycles. The molecule has 1 aromatic carbocycles. The minimum Gasteiger partial charge on any atom is -0.485 e. The van der Waals surface area contributed by atoms with Gasteiger partial charge in [0.25, 0.3) is 5.91 Å². The molecule has 0 aliphatic heterocycles. The molecular weight excluding hydrogens is 286 g/mol. The number of benzene rings is 1. The van der Waals surface area contributed by atoms with E-state index < -0.39 is 17.9 Å². The van der Waals surface area contributed by atoms with Crippen LogP contribution in [-0.2, 0) is 11.4 Å². The summed E-state index contributed by atoms with van der Waals surface area (Å²) in [7, 11) is 0. The summed E-state index contributed by atoms with van der Waals surface area (Å²) in [6, 6.07) is 9.70. The zero-order valence-electron chi connectivity index (χ0n) is 12.3. The van der Waals surface area contributed by atoms with E-state index in [0.29, 0.717) is 5.76 Å². The van der Waals surface area contributed by atoms with Crippen molar-refractivity contribution in [1.82, 2.24) is 5.32 Å². The molecule has 1 atom stereocenters. The van der Waals surface area contributed by atoms with Crippen LogP contribution in [0.2, 0.25) is 0 Å². The van der Waals surface area contributed by atoms with Crippen LogP contribution in [0.15, 0.2) is 40.8 Å². The molecule has 2 rings (SSSR count). The van der Waals surface area contributed by atoms with Crippen LogP contribution in [-0.4, -0.2) is 23.0 Å². The molecule has 0 radical (unpaired) electrons. The number of carboxylic acids is 1. The van der Waals surface area contributed by atoms with Gasteiger partial charge in [-0.05, 0) is 37.6 Å². The Bertz CT molecular complexity index is 677. The van der Waals surface area contributed by atoms with Gasteiger partial charge in [0.15, 0.2) is 5.76 Å². The number of furan rings is 1. The largest absolute Gasteiger partial charge is 0.485 e. The summed E-state index contributed by atoms with van der Waals surface area (Å²) in [4.78, 5) is 22.5. The number of amides is 1. The maximum atomic E-state index is 11.8. The Labute approximate surface area is 127 Å². The Hall–Kier alpha value is -2.76. The molecule has 0 spiro atoms. The monoisotopic (exact) mass is 303 g/mol. The summed E-state index contributed by atoms with van der Waals surface area (Å²) in [6.45, 7) is 3.50. The number of hydrogen-bond acceptors (Lipinski definition) is 4. The molecule has 1 heterocycles. The van der Waals surface area contributed by atoms with Crippen LogP contribution in [0, 0.1) is 6.92 Å². The summed E-state index contributed by atoms with van der Waals surface area (Å²) in [5.41, 5.74) is 1.00. The Balaban J connectivity index is 1.95. The first-order valence-corrected chi connectivity index (χ1v) is 6.78. The third kappa shape index (κ3) is 3.88. The number of nitrogens with one attached hydrogen (secondary N) is 1. The van der Waals surface area contributed by atoms with Crippen molar-refractivity contribution in [1.29, 1.82) is 0 Å². The van der Waals surface area contributed by atoms with Gasteiger partial charge in [-0.15, -0.1) is 0 Å². The number of hydrogen-bond donors (Lipinski definition) is 2. The highest BCUT2D eigenvalue weighted by atomic mass is 16.5. The Morgan fingerprint density at radius 1 is 1.27 bits per heavy atom. The van der Waals surface area contributed by atoms with Crippen LogP contribution in [0.5, 0.6) is 5.75 Å². The van der Waals surface area contributed by atoms with Crippen molar-refractivity contribution in [3.63, 3.8) is 0 Å². The lowest BCUT2D eigenvalue weighted by molar-refractivity contribution is -0.138. The van der Waals surface area contributed by atoms with Gasteiger partial charge in [-0.1, -0.05) is 18.2 Å². The molecule has 0 saturated heterocycles. The van der Waals surface area contributed by atoms with Crippen molar-refractivity contribution in [2.24, 2.45) is 0 Å². The van der Waals surface area contributed by atoms with Gasteiger partial charge in [-0.2, -0.15) is 0 Å². The lowest BCUT2D eigenvalue weighted by atomic mass is 10.2. The maximum absolute atomic E-state index is 11.8. The van der Waals surface area contributed by atoms with Gasteiger partial charge in [-0.25, -0.2) is 0 Å². The fourth-order valence-electron chi connectivity index (χ4n) is 1.77. The van der Waals surface area contributed by atoms with Gasteiger partial charge in [0.05, 0.1) is 0 Å². The average Bonchev–Trinajstić information content (AvgIpc) is 2.95.